The summed E-state index contributed by atoms with van der Waals surface area (Å²) >= 11 is 1.93. The van der Waals surface area contributed by atoms with Crippen molar-refractivity contribution >= 4 is 23.7 Å². The highest BCUT2D eigenvalue weighted by molar-refractivity contribution is 7.99. The second-order valence-electron chi connectivity index (χ2n) is 5.61. The predicted molar refractivity (Wildman–Crippen MR) is 87.6 cm³/mol. The summed E-state index contributed by atoms with van der Waals surface area (Å²) in [4.78, 5) is 1.42. The number of nitrogens with zero attached hydrogens (tertiary/aromatic N) is 1. The van der Waals surface area contributed by atoms with Crippen LogP contribution in [0.3, 0.4) is 0 Å². The van der Waals surface area contributed by atoms with Crippen molar-refractivity contribution in [2.24, 2.45) is 0 Å². The Labute approximate surface area is 125 Å². The van der Waals surface area contributed by atoms with Gasteiger partial charge in [0.2, 0.25) is 5.69 Å². The molecule has 1 heterocycles. The molecule has 0 unspecified atom stereocenters. The Kier molecular flexibility index (Phi) is 3.43. The summed E-state index contributed by atoms with van der Waals surface area (Å²) in [7, 11) is 0. The zero-order chi connectivity index (χ0) is 14.3. The molecule has 1 nitrogen and oxygen atoms in total. The van der Waals surface area contributed by atoms with E-state index in [-0.39, 0.29) is 0 Å². The van der Waals surface area contributed by atoms with Crippen molar-refractivity contribution in [1.82, 2.24) is 0 Å². The lowest BCUT2D eigenvalue weighted by atomic mass is 10.0. The third-order valence-corrected chi connectivity index (χ3v) is 5.06. The van der Waals surface area contributed by atoms with Crippen molar-refractivity contribution in [2.75, 3.05) is 5.88 Å². The van der Waals surface area contributed by atoms with Crippen molar-refractivity contribution in [3.63, 3.8) is 0 Å². The van der Waals surface area contributed by atoms with E-state index in [4.69, 9.17) is 0 Å². The average Bonchev–Trinajstić information content (AvgIpc) is 2.37. The van der Waals surface area contributed by atoms with Crippen LogP contribution in [0.15, 0.2) is 35.2 Å². The maximum absolute atomic E-state index is 2.39. The Bertz CT molecular complexity index is 690. The summed E-state index contributed by atoms with van der Waals surface area (Å²) in [6.45, 7) is 8.77. The Morgan fingerprint density at radius 3 is 2.35 bits per heavy atom. The zero-order valence-electron chi connectivity index (χ0n) is 12.5. The van der Waals surface area contributed by atoms with E-state index in [0.717, 1.165) is 5.88 Å². The second kappa shape index (κ2) is 5.10. The van der Waals surface area contributed by atoms with Crippen LogP contribution in [0.1, 0.15) is 27.8 Å². The molecule has 0 fully saturated rings. The van der Waals surface area contributed by atoms with E-state index in [1.807, 2.05) is 11.8 Å². The minimum Gasteiger partial charge on any atom is -0.188 e. The van der Waals surface area contributed by atoms with E-state index < -0.39 is 0 Å². The highest BCUT2D eigenvalue weighted by Gasteiger charge is 2.22. The zero-order valence-corrected chi connectivity index (χ0v) is 13.3. The molecule has 1 aliphatic rings. The molecule has 1 aliphatic heterocycles. The summed E-state index contributed by atoms with van der Waals surface area (Å²) in [6, 6.07) is 11.1. The van der Waals surface area contributed by atoms with E-state index >= 15 is 0 Å². The monoisotopic (exact) mass is 282 g/mol. The molecule has 0 aromatic heterocycles. The number of thioether (sulfide) groups is 1. The van der Waals surface area contributed by atoms with Crippen molar-refractivity contribution in [3.8, 4) is 0 Å². The maximum Gasteiger partial charge on any atom is 0.211 e. The first-order chi connectivity index (χ1) is 9.56. The van der Waals surface area contributed by atoms with Crippen LogP contribution in [-0.2, 0) is 0 Å². The van der Waals surface area contributed by atoms with E-state index in [9.17, 15) is 0 Å². The normalized spacial score (nSPS) is 13.9. The molecular weight excluding hydrogens is 262 g/mol. The number of hydrogen-bond acceptors (Lipinski definition) is 1. The van der Waals surface area contributed by atoms with Gasteiger partial charge >= 0.3 is 0 Å². The Morgan fingerprint density at radius 1 is 0.950 bits per heavy atom. The van der Waals surface area contributed by atoms with Gasteiger partial charge in [-0.1, -0.05) is 29.5 Å². The third-order valence-electron chi connectivity index (χ3n) is 3.81. The van der Waals surface area contributed by atoms with Gasteiger partial charge < -0.3 is 0 Å². The molecule has 0 spiro atoms. The first-order valence-corrected chi connectivity index (χ1v) is 7.96. The van der Waals surface area contributed by atoms with Crippen LogP contribution in [0.2, 0.25) is 0 Å². The van der Waals surface area contributed by atoms with Crippen LogP contribution < -0.4 is 0 Å². The van der Waals surface area contributed by atoms with Gasteiger partial charge in [0.15, 0.2) is 12.1 Å². The Hall–Kier alpha value is -1.54. The van der Waals surface area contributed by atoms with Gasteiger partial charge in [0.25, 0.3) is 0 Å². The fourth-order valence-electron chi connectivity index (χ4n) is 3.07. The van der Waals surface area contributed by atoms with Gasteiger partial charge in [-0.2, -0.15) is 4.58 Å². The summed E-state index contributed by atoms with van der Waals surface area (Å²) in [5.74, 6) is 0.989. The molecule has 2 heteroatoms. The molecule has 0 aliphatic carbocycles. The first kappa shape index (κ1) is 13.4. The fourth-order valence-corrected chi connectivity index (χ4v) is 4.12. The van der Waals surface area contributed by atoms with Crippen molar-refractivity contribution in [2.45, 2.75) is 32.6 Å². The number of aryl methyl sites for hydroxylation is 4. The van der Waals surface area contributed by atoms with Gasteiger partial charge in [-0.15, -0.1) is 0 Å². The largest absolute Gasteiger partial charge is 0.211 e. The van der Waals surface area contributed by atoms with Crippen molar-refractivity contribution in [1.29, 1.82) is 0 Å². The Morgan fingerprint density at radius 2 is 1.65 bits per heavy atom. The van der Waals surface area contributed by atoms with Gasteiger partial charge in [0.05, 0.1) is 5.56 Å². The highest BCUT2D eigenvalue weighted by atomic mass is 32.2. The second-order valence-corrected chi connectivity index (χ2v) is 6.57. The molecule has 3 rings (SSSR count). The smallest absolute Gasteiger partial charge is 0.188 e. The average molecular weight is 282 g/mol. The van der Waals surface area contributed by atoms with Gasteiger partial charge in [0.1, 0.15) is 0 Å². The van der Waals surface area contributed by atoms with Crippen LogP contribution in [0, 0.1) is 27.7 Å². The SMILES string of the molecule is Cc1cc(C)c([N+]2=Cc3cccc(C)c3SC2)c(C)c1. The highest BCUT2D eigenvalue weighted by Crippen LogP contribution is 2.33. The molecular formula is C18H20NS+. The molecule has 0 amide bonds. The van der Waals surface area contributed by atoms with E-state index in [1.54, 1.807) is 0 Å². The molecule has 20 heavy (non-hydrogen) atoms. The molecule has 0 N–H and O–H groups in total. The van der Waals surface area contributed by atoms with E-state index in [1.165, 1.54) is 38.4 Å². The van der Waals surface area contributed by atoms with Crippen molar-refractivity contribution in [3.05, 3.63) is 58.1 Å². The summed E-state index contributed by atoms with van der Waals surface area (Å²) in [5, 5.41) is 0. The molecule has 102 valence electrons. The van der Waals surface area contributed by atoms with Crippen molar-refractivity contribution < 1.29 is 4.58 Å². The predicted octanol–water partition coefficient (Wildman–Crippen LogP) is 4.75. The lowest BCUT2D eigenvalue weighted by Gasteiger charge is -2.16. The van der Waals surface area contributed by atoms with Crippen LogP contribution >= 0.6 is 11.8 Å². The number of fused-ring (bicyclic) bond motifs is 1. The number of rotatable bonds is 1. The van der Waals surface area contributed by atoms with Gasteiger partial charge in [0, 0.05) is 16.0 Å². The van der Waals surface area contributed by atoms with Gasteiger partial charge in [-0.3, -0.25) is 0 Å². The summed E-state index contributed by atoms with van der Waals surface area (Å²) in [5.41, 5.74) is 8.12. The number of hydrogen-bond donors (Lipinski definition) is 0. The summed E-state index contributed by atoms with van der Waals surface area (Å²) < 4.78 is 2.39. The molecule has 0 saturated carbocycles. The van der Waals surface area contributed by atoms with E-state index in [2.05, 4.69) is 68.8 Å². The molecule has 2 aromatic rings. The van der Waals surface area contributed by atoms with Gasteiger partial charge in [-0.25, -0.2) is 0 Å². The lowest BCUT2D eigenvalue weighted by molar-refractivity contribution is -0.412. The maximum atomic E-state index is 2.39. The molecule has 0 atom stereocenters. The number of benzene rings is 2. The quantitative estimate of drug-likeness (QED) is 0.682. The molecule has 2 aromatic carbocycles. The van der Waals surface area contributed by atoms with Crippen LogP contribution in [-0.4, -0.2) is 16.7 Å². The Balaban J connectivity index is 2.14. The molecule has 0 saturated heterocycles. The first-order valence-electron chi connectivity index (χ1n) is 6.98. The minimum atomic E-state index is 0.989. The van der Waals surface area contributed by atoms with Crippen LogP contribution in [0.4, 0.5) is 5.69 Å². The van der Waals surface area contributed by atoms with E-state index in [0.29, 0.717) is 0 Å². The fraction of sp³-hybridized carbons (Fsp3) is 0.278. The van der Waals surface area contributed by atoms with Crippen LogP contribution in [0.5, 0.6) is 0 Å². The summed E-state index contributed by atoms with van der Waals surface area (Å²) in [6.07, 6.45) is 2.30. The third kappa shape index (κ3) is 2.29. The lowest BCUT2D eigenvalue weighted by Crippen LogP contribution is -2.15. The topological polar surface area (TPSA) is 3.01 Å². The minimum absolute atomic E-state index is 0.989. The molecule has 0 radical (unpaired) electrons. The molecule has 0 bridgehead atoms. The van der Waals surface area contributed by atoms with Gasteiger partial charge in [-0.05, 0) is 51.5 Å². The van der Waals surface area contributed by atoms with Crippen LogP contribution in [0.25, 0.3) is 0 Å². The standard InChI is InChI=1S/C18H20NS/c1-12-8-14(3)17(15(4)9-12)19-10-16-7-5-6-13(2)18(16)20-11-19/h5-10H,11H2,1-4H3/q+1.